The number of likely N-dealkylation sites (N-methyl/N-ethyl adjacent to an activating group) is 1. The molecule has 0 aliphatic rings. The van der Waals surface area contributed by atoms with Gasteiger partial charge in [0, 0.05) is 69.5 Å². The number of rotatable bonds is 9. The molecule has 3 rings (SSSR count). The Hall–Kier alpha value is -3.15. The summed E-state index contributed by atoms with van der Waals surface area (Å²) in [5, 5.41) is 1.18. The van der Waals surface area contributed by atoms with Crippen LogP contribution in [0.25, 0.3) is 10.9 Å². The third-order valence-corrected chi connectivity index (χ3v) is 5.28. The topological polar surface area (TPSA) is 69.3 Å². The highest BCUT2D eigenvalue weighted by Gasteiger charge is 2.15. The first kappa shape index (κ1) is 20.6. The number of amides is 2. The molecule has 0 fully saturated rings. The molecule has 6 heteroatoms. The number of carbonyl (C=O) groups excluding carboxylic acids is 2. The van der Waals surface area contributed by atoms with Crippen molar-refractivity contribution >= 4 is 22.7 Å². The second kappa shape index (κ2) is 9.87. The molecule has 1 aromatic carbocycles. The lowest BCUT2D eigenvalue weighted by atomic mass is 10.1. The van der Waals surface area contributed by atoms with Gasteiger partial charge in [-0.25, -0.2) is 0 Å². The number of carbonyl (C=O) groups is 2. The van der Waals surface area contributed by atoms with E-state index in [0.717, 1.165) is 23.9 Å². The maximum Gasteiger partial charge on any atom is 0.224 e. The second-order valence-electron chi connectivity index (χ2n) is 7.29. The van der Waals surface area contributed by atoms with Gasteiger partial charge in [0.1, 0.15) is 0 Å². The number of nitrogens with zero attached hydrogens (tertiary/aromatic N) is 3. The van der Waals surface area contributed by atoms with Gasteiger partial charge in [-0.3, -0.25) is 14.6 Å². The Morgan fingerprint density at radius 2 is 1.76 bits per heavy atom. The van der Waals surface area contributed by atoms with Gasteiger partial charge >= 0.3 is 0 Å². The fourth-order valence-electron chi connectivity index (χ4n) is 3.41. The van der Waals surface area contributed by atoms with E-state index in [1.807, 2.05) is 43.6 Å². The number of aromatic nitrogens is 2. The minimum atomic E-state index is -0.00270. The first-order valence-corrected chi connectivity index (χ1v) is 9.98. The molecule has 0 saturated carbocycles. The number of hydrogen-bond donors (Lipinski definition) is 1. The molecule has 0 aliphatic heterocycles. The van der Waals surface area contributed by atoms with Crippen LogP contribution in [0.3, 0.4) is 0 Å². The number of benzene rings is 1. The van der Waals surface area contributed by atoms with E-state index in [1.54, 1.807) is 29.1 Å². The van der Waals surface area contributed by atoms with Gasteiger partial charge < -0.3 is 14.8 Å². The Bertz CT molecular complexity index is 952. The highest BCUT2D eigenvalue weighted by atomic mass is 16.2. The monoisotopic (exact) mass is 392 g/mol. The lowest BCUT2D eigenvalue weighted by molar-refractivity contribution is -0.132. The van der Waals surface area contributed by atoms with Crippen molar-refractivity contribution in [3.05, 3.63) is 66.1 Å². The molecule has 0 radical (unpaired) electrons. The van der Waals surface area contributed by atoms with Crippen LogP contribution in [0.2, 0.25) is 0 Å². The van der Waals surface area contributed by atoms with Crippen LogP contribution in [0.5, 0.6) is 0 Å². The van der Waals surface area contributed by atoms with E-state index in [9.17, 15) is 9.59 Å². The molecular formula is C23H28N4O2. The molecule has 0 saturated heterocycles. The molecule has 1 N–H and O–H groups in total. The largest absolute Gasteiger partial charge is 0.361 e. The Morgan fingerprint density at radius 3 is 2.52 bits per heavy atom. The van der Waals surface area contributed by atoms with Gasteiger partial charge in [-0.1, -0.05) is 18.2 Å². The van der Waals surface area contributed by atoms with Crippen molar-refractivity contribution in [3.63, 3.8) is 0 Å². The summed E-state index contributed by atoms with van der Waals surface area (Å²) in [5.74, 6) is 0.0504. The summed E-state index contributed by atoms with van der Waals surface area (Å²) in [6, 6.07) is 12.1. The van der Waals surface area contributed by atoms with Crippen molar-refractivity contribution in [2.24, 2.45) is 0 Å². The summed E-state index contributed by atoms with van der Waals surface area (Å²) < 4.78 is 0. The number of para-hydroxylation sites is 1. The van der Waals surface area contributed by atoms with Gasteiger partial charge in [-0.05, 0) is 42.2 Å². The molecule has 0 unspecified atom stereocenters. The normalized spacial score (nSPS) is 10.8. The van der Waals surface area contributed by atoms with Gasteiger partial charge in [0.15, 0.2) is 0 Å². The van der Waals surface area contributed by atoms with E-state index in [4.69, 9.17) is 0 Å². The summed E-state index contributed by atoms with van der Waals surface area (Å²) in [4.78, 5) is 35.3. The van der Waals surface area contributed by atoms with Gasteiger partial charge in [-0.15, -0.1) is 0 Å². The van der Waals surface area contributed by atoms with Crippen LogP contribution in [0.1, 0.15) is 24.5 Å². The van der Waals surface area contributed by atoms with E-state index in [-0.39, 0.29) is 11.8 Å². The fourth-order valence-corrected chi connectivity index (χ4v) is 3.41. The molecule has 0 aliphatic carbocycles. The van der Waals surface area contributed by atoms with Gasteiger partial charge in [0.05, 0.1) is 0 Å². The first-order chi connectivity index (χ1) is 14.0. The number of hydrogen-bond acceptors (Lipinski definition) is 3. The molecule has 0 bridgehead atoms. The molecule has 0 atom stereocenters. The van der Waals surface area contributed by atoms with Crippen molar-refractivity contribution in [3.8, 4) is 0 Å². The van der Waals surface area contributed by atoms with Gasteiger partial charge in [0.25, 0.3) is 0 Å². The SMILES string of the molecule is CC(=O)N(CCC(=O)N(C)CCc1ccncc1)CCc1c[nH]c2ccccc12. The number of aromatic amines is 1. The third kappa shape index (κ3) is 5.67. The maximum atomic E-state index is 12.5. The highest BCUT2D eigenvalue weighted by molar-refractivity contribution is 5.83. The number of fused-ring (bicyclic) bond motifs is 1. The summed E-state index contributed by atoms with van der Waals surface area (Å²) in [6.07, 6.45) is 7.41. The average molecular weight is 393 g/mol. The van der Waals surface area contributed by atoms with E-state index < -0.39 is 0 Å². The predicted octanol–water partition coefficient (Wildman–Crippen LogP) is 3.05. The Kier molecular flexibility index (Phi) is 7.00. The third-order valence-electron chi connectivity index (χ3n) is 5.28. The molecule has 2 aromatic heterocycles. The summed E-state index contributed by atoms with van der Waals surface area (Å²) in [5.41, 5.74) is 3.44. The van der Waals surface area contributed by atoms with Gasteiger partial charge in [-0.2, -0.15) is 0 Å². The van der Waals surface area contributed by atoms with Crippen LogP contribution < -0.4 is 0 Å². The smallest absolute Gasteiger partial charge is 0.224 e. The first-order valence-electron chi connectivity index (χ1n) is 9.98. The minimum absolute atomic E-state index is 0.00270. The second-order valence-corrected chi connectivity index (χ2v) is 7.29. The lowest BCUT2D eigenvalue weighted by Gasteiger charge is -2.23. The zero-order valence-corrected chi connectivity index (χ0v) is 17.1. The minimum Gasteiger partial charge on any atom is -0.361 e. The molecular weight excluding hydrogens is 364 g/mol. The van der Waals surface area contributed by atoms with Crippen molar-refractivity contribution in [1.82, 2.24) is 19.8 Å². The zero-order valence-electron chi connectivity index (χ0n) is 17.1. The maximum absolute atomic E-state index is 12.5. The van der Waals surface area contributed by atoms with E-state index in [1.165, 1.54) is 10.9 Å². The summed E-state index contributed by atoms with van der Waals surface area (Å²) in [6.45, 7) is 3.26. The predicted molar refractivity (Wildman–Crippen MR) is 114 cm³/mol. The van der Waals surface area contributed by atoms with Crippen LogP contribution >= 0.6 is 0 Å². The van der Waals surface area contributed by atoms with E-state index in [0.29, 0.717) is 26.1 Å². The van der Waals surface area contributed by atoms with Crippen LogP contribution in [0.15, 0.2) is 55.0 Å². The van der Waals surface area contributed by atoms with Crippen molar-refractivity contribution < 1.29 is 9.59 Å². The van der Waals surface area contributed by atoms with Crippen molar-refractivity contribution in [2.45, 2.75) is 26.2 Å². The molecule has 6 nitrogen and oxygen atoms in total. The molecule has 29 heavy (non-hydrogen) atoms. The summed E-state index contributed by atoms with van der Waals surface area (Å²) >= 11 is 0. The van der Waals surface area contributed by atoms with Crippen LogP contribution in [-0.4, -0.2) is 58.3 Å². The average Bonchev–Trinajstić information content (AvgIpc) is 3.15. The Balaban J connectivity index is 1.48. The molecule has 152 valence electrons. The molecule has 3 aromatic rings. The van der Waals surface area contributed by atoms with Gasteiger partial charge in [0.2, 0.25) is 11.8 Å². The zero-order chi connectivity index (χ0) is 20.6. The summed E-state index contributed by atoms with van der Waals surface area (Å²) in [7, 11) is 1.81. The number of H-pyrrole nitrogens is 1. The van der Waals surface area contributed by atoms with Crippen molar-refractivity contribution in [1.29, 1.82) is 0 Å². The highest BCUT2D eigenvalue weighted by Crippen LogP contribution is 2.18. The Morgan fingerprint density at radius 1 is 1.00 bits per heavy atom. The molecule has 2 heterocycles. The lowest BCUT2D eigenvalue weighted by Crippen LogP contribution is -2.36. The van der Waals surface area contributed by atoms with E-state index in [2.05, 4.69) is 16.0 Å². The van der Waals surface area contributed by atoms with Crippen LogP contribution in [-0.2, 0) is 22.4 Å². The molecule has 0 spiro atoms. The fraction of sp³-hybridized carbons (Fsp3) is 0.348. The Labute approximate surface area is 171 Å². The van der Waals surface area contributed by atoms with Crippen LogP contribution in [0, 0.1) is 0 Å². The molecule has 2 amide bonds. The quantitative estimate of drug-likeness (QED) is 0.609. The van der Waals surface area contributed by atoms with Crippen molar-refractivity contribution in [2.75, 3.05) is 26.7 Å². The van der Waals surface area contributed by atoms with Crippen LogP contribution in [0.4, 0.5) is 0 Å². The number of nitrogens with one attached hydrogen (secondary N) is 1. The van der Waals surface area contributed by atoms with E-state index >= 15 is 0 Å². The number of pyridine rings is 1. The standard InChI is InChI=1S/C23H28N4O2/c1-18(28)27(15-10-20-17-25-22-6-4-3-5-21(20)22)16-11-23(29)26(2)14-9-19-7-12-24-13-8-19/h3-8,12-13,17,25H,9-11,14-16H2,1-2H3.